The van der Waals surface area contributed by atoms with Crippen molar-refractivity contribution < 1.29 is 9.52 Å². The Hall–Kier alpha value is -2.88. The van der Waals surface area contributed by atoms with Crippen molar-refractivity contribution in [3.8, 4) is 5.75 Å². The molecule has 2 saturated heterocycles. The van der Waals surface area contributed by atoms with Crippen molar-refractivity contribution in [3.63, 3.8) is 0 Å². The molecule has 220 valence electrons. The van der Waals surface area contributed by atoms with Crippen molar-refractivity contribution in [2.75, 3.05) is 45.8 Å². The number of halogens is 2. The number of hydrogen-bond donors (Lipinski definition) is 1. The molecule has 8 nitrogen and oxygen atoms in total. The predicted molar refractivity (Wildman–Crippen MR) is 165 cm³/mol. The molecule has 0 amide bonds. The first-order valence-electron chi connectivity index (χ1n) is 13.9. The van der Waals surface area contributed by atoms with Gasteiger partial charge in [0.1, 0.15) is 5.76 Å². The number of hydrogen-bond acceptors (Lipinski definition) is 7. The maximum atomic E-state index is 12.6. The Kier molecular flexibility index (Phi) is 10.5. The second-order valence-corrected chi connectivity index (χ2v) is 11.1. The van der Waals surface area contributed by atoms with Crippen molar-refractivity contribution >= 4 is 30.9 Å². The second-order valence-electron chi connectivity index (χ2n) is 11.1. The maximum absolute atomic E-state index is 12.6. The third kappa shape index (κ3) is 7.31. The van der Waals surface area contributed by atoms with Crippen molar-refractivity contribution in [1.29, 1.82) is 0 Å². The Labute approximate surface area is 252 Å². The van der Waals surface area contributed by atoms with Gasteiger partial charge in [-0.15, -0.1) is 24.8 Å². The van der Waals surface area contributed by atoms with Gasteiger partial charge in [0.25, 0.3) is 5.56 Å². The zero-order valence-corrected chi connectivity index (χ0v) is 24.7. The summed E-state index contributed by atoms with van der Waals surface area (Å²) in [5, 5.41) is 10.5. The summed E-state index contributed by atoms with van der Waals surface area (Å²) in [7, 11) is 0. The molecular formula is C31H38Cl2N4O4. The van der Waals surface area contributed by atoms with E-state index in [2.05, 4.69) is 45.1 Å². The summed E-state index contributed by atoms with van der Waals surface area (Å²) in [5.74, 6) is 1.36. The van der Waals surface area contributed by atoms with Gasteiger partial charge >= 0.3 is 0 Å². The third-order valence-corrected chi connectivity index (χ3v) is 8.28. The molecule has 3 aliphatic rings. The summed E-state index contributed by atoms with van der Waals surface area (Å²) < 4.78 is 8.06. The molecule has 2 aromatic heterocycles. The van der Waals surface area contributed by atoms with Crippen LogP contribution in [0.3, 0.4) is 0 Å². The van der Waals surface area contributed by atoms with Crippen LogP contribution < -0.4 is 11.0 Å². The van der Waals surface area contributed by atoms with Crippen molar-refractivity contribution in [3.05, 3.63) is 104 Å². The van der Waals surface area contributed by atoms with E-state index in [0.717, 1.165) is 64.5 Å². The maximum Gasteiger partial charge on any atom is 0.250 e. The quantitative estimate of drug-likeness (QED) is 0.442. The first-order valence-corrected chi connectivity index (χ1v) is 13.9. The Morgan fingerprint density at radius 1 is 0.854 bits per heavy atom. The molecule has 5 heterocycles. The standard InChI is InChI=1S/C31H36N4O4.2ClH/c36-28-17-26(21-34-18-24-16-25(20-34)27-9-4-10-30(37)35(27)19-24)39-29(31(28)38)22-33-14-12-32(13-15-33)11-5-8-23-6-2-1-3-7-23;;/h1-10,17,24-25,38H,11-16,18-22H2;2*1H/b8-5+;;/t24-,25+;;/m1../s1. The number of piperidine rings is 1. The van der Waals surface area contributed by atoms with Crippen LogP contribution >= 0.6 is 24.8 Å². The van der Waals surface area contributed by atoms with Gasteiger partial charge in [0, 0.05) is 76.1 Å². The second kappa shape index (κ2) is 13.9. The lowest BCUT2D eigenvalue weighted by atomic mass is 9.83. The van der Waals surface area contributed by atoms with Crippen LogP contribution in [0.5, 0.6) is 5.75 Å². The molecular weight excluding hydrogens is 563 g/mol. The van der Waals surface area contributed by atoms with Crippen LogP contribution in [0.15, 0.2) is 74.7 Å². The molecule has 2 bridgehead atoms. The van der Waals surface area contributed by atoms with Gasteiger partial charge in [-0.25, -0.2) is 0 Å². The Morgan fingerprint density at radius 3 is 2.39 bits per heavy atom. The van der Waals surface area contributed by atoms with Crippen LogP contribution in [-0.4, -0.2) is 70.2 Å². The summed E-state index contributed by atoms with van der Waals surface area (Å²) in [6.07, 6.45) is 5.43. The highest BCUT2D eigenvalue weighted by Gasteiger charge is 2.34. The topological polar surface area (TPSA) is 82.2 Å². The highest BCUT2D eigenvalue weighted by Crippen LogP contribution is 2.35. The van der Waals surface area contributed by atoms with Crippen molar-refractivity contribution in [2.45, 2.75) is 32.0 Å². The lowest BCUT2D eigenvalue weighted by Gasteiger charge is -2.42. The summed E-state index contributed by atoms with van der Waals surface area (Å²) in [6, 6.07) is 17.3. The van der Waals surface area contributed by atoms with Gasteiger partial charge < -0.3 is 14.1 Å². The SMILES string of the molecule is Cl.Cl.O=c1cc(CN2C[C@H]3C[C@@H](C2)c2cccc(=O)n2C3)oc(CN2CCN(C/C=C/c3ccccc3)CC2)c1O. The number of nitrogens with zero attached hydrogens (tertiary/aromatic N) is 4. The molecule has 3 aromatic rings. The lowest BCUT2D eigenvalue weighted by Crippen LogP contribution is -2.46. The number of rotatable bonds is 7. The minimum Gasteiger partial charge on any atom is -0.502 e. The minimum absolute atomic E-state index is 0. The van der Waals surface area contributed by atoms with E-state index in [1.807, 2.05) is 28.8 Å². The Balaban J connectivity index is 0.00000194. The molecule has 0 spiro atoms. The fraction of sp³-hybridized carbons (Fsp3) is 0.419. The Bertz CT molecular complexity index is 1450. The van der Waals surface area contributed by atoms with Crippen LogP contribution in [0.1, 0.15) is 35.1 Å². The van der Waals surface area contributed by atoms with Crippen LogP contribution in [0.2, 0.25) is 0 Å². The molecule has 2 atom stereocenters. The number of fused-ring (bicyclic) bond motifs is 4. The number of pyridine rings is 1. The van der Waals surface area contributed by atoms with Crippen LogP contribution in [0.4, 0.5) is 0 Å². The van der Waals surface area contributed by atoms with Gasteiger partial charge in [0.2, 0.25) is 11.2 Å². The van der Waals surface area contributed by atoms with Gasteiger partial charge in [-0.2, -0.15) is 0 Å². The predicted octanol–water partition coefficient (Wildman–Crippen LogP) is 3.80. The summed E-state index contributed by atoms with van der Waals surface area (Å²) in [6.45, 7) is 7.80. The van der Waals surface area contributed by atoms with Crippen molar-refractivity contribution in [1.82, 2.24) is 19.3 Å². The number of aromatic hydroxyl groups is 1. The van der Waals surface area contributed by atoms with E-state index >= 15 is 0 Å². The van der Waals surface area contributed by atoms with Gasteiger partial charge in [-0.05, 0) is 24.0 Å². The molecule has 6 rings (SSSR count). The van der Waals surface area contributed by atoms with E-state index in [9.17, 15) is 14.7 Å². The lowest BCUT2D eigenvalue weighted by molar-refractivity contribution is 0.103. The summed E-state index contributed by atoms with van der Waals surface area (Å²) in [4.78, 5) is 31.9. The molecule has 0 aliphatic carbocycles. The van der Waals surface area contributed by atoms with Crippen LogP contribution in [-0.2, 0) is 19.6 Å². The molecule has 10 heteroatoms. The fourth-order valence-electron chi connectivity index (χ4n) is 6.35. The zero-order valence-electron chi connectivity index (χ0n) is 23.1. The largest absolute Gasteiger partial charge is 0.502 e. The normalized spacial score (nSPS) is 21.2. The van der Waals surface area contributed by atoms with Gasteiger partial charge in [-0.3, -0.25) is 24.3 Å². The molecule has 3 aliphatic heterocycles. The molecule has 0 saturated carbocycles. The zero-order chi connectivity index (χ0) is 26.8. The number of benzene rings is 1. The molecule has 1 aromatic carbocycles. The van der Waals surface area contributed by atoms with Crippen LogP contribution in [0, 0.1) is 5.92 Å². The van der Waals surface area contributed by atoms with E-state index in [-0.39, 0.29) is 41.6 Å². The summed E-state index contributed by atoms with van der Waals surface area (Å²) >= 11 is 0. The third-order valence-electron chi connectivity index (χ3n) is 8.28. The van der Waals surface area contributed by atoms with E-state index in [4.69, 9.17) is 4.42 Å². The molecule has 0 unspecified atom stereocenters. The minimum atomic E-state index is -0.384. The average Bonchev–Trinajstić information content (AvgIpc) is 2.94. The highest BCUT2D eigenvalue weighted by molar-refractivity contribution is 5.85. The number of likely N-dealkylation sites (tertiary alicyclic amines) is 1. The van der Waals surface area contributed by atoms with E-state index < -0.39 is 0 Å². The van der Waals surface area contributed by atoms with Crippen LogP contribution in [0.25, 0.3) is 6.08 Å². The summed E-state index contributed by atoms with van der Waals surface area (Å²) in [5.41, 5.74) is 2.00. The first-order chi connectivity index (χ1) is 19.0. The highest BCUT2D eigenvalue weighted by atomic mass is 35.5. The number of aromatic nitrogens is 1. The first kappa shape index (κ1) is 31.1. The molecule has 41 heavy (non-hydrogen) atoms. The van der Waals surface area contributed by atoms with E-state index in [0.29, 0.717) is 36.4 Å². The van der Waals surface area contributed by atoms with E-state index in [1.165, 1.54) is 11.6 Å². The van der Waals surface area contributed by atoms with Gasteiger partial charge in [-0.1, -0.05) is 48.6 Å². The molecule has 1 N–H and O–H groups in total. The molecule has 2 fully saturated rings. The van der Waals surface area contributed by atoms with Crippen molar-refractivity contribution in [2.24, 2.45) is 5.92 Å². The van der Waals surface area contributed by atoms with Gasteiger partial charge in [0.15, 0.2) is 5.76 Å². The Morgan fingerprint density at radius 2 is 1.61 bits per heavy atom. The average molecular weight is 602 g/mol. The van der Waals surface area contributed by atoms with E-state index in [1.54, 1.807) is 6.07 Å². The van der Waals surface area contributed by atoms with Gasteiger partial charge in [0.05, 0.1) is 13.1 Å². The number of piperazine rings is 1. The fourth-order valence-corrected chi connectivity index (χ4v) is 6.35. The smallest absolute Gasteiger partial charge is 0.250 e. The monoisotopic (exact) mass is 600 g/mol. The molecule has 0 radical (unpaired) electrons.